The molecule has 2 fully saturated rings. The molecule has 5 heterocycles. The number of esters is 2. The number of aryl methyl sites for hydroxylation is 3. The molecule has 18 rings (SSSR count). The number of carboxylic acids is 1. The van der Waals surface area contributed by atoms with Gasteiger partial charge in [0.2, 0.25) is 16.9 Å². The topological polar surface area (TPSA) is 232 Å². The number of anilines is 2. The maximum absolute atomic E-state index is 12.1. The van der Waals surface area contributed by atoms with Gasteiger partial charge < -0.3 is 66.0 Å². The van der Waals surface area contributed by atoms with E-state index in [1.807, 2.05) is 98.6 Å². The van der Waals surface area contributed by atoms with Crippen LogP contribution in [0.2, 0.25) is 10.0 Å². The third kappa shape index (κ3) is 24.0. The van der Waals surface area contributed by atoms with Crippen LogP contribution in [0.4, 0.5) is 11.4 Å². The summed E-state index contributed by atoms with van der Waals surface area (Å²) in [4.78, 5) is 45.3. The van der Waals surface area contributed by atoms with E-state index in [1.54, 1.807) is 68.4 Å². The summed E-state index contributed by atoms with van der Waals surface area (Å²) in [5, 5.41) is 37.8. The zero-order valence-electron chi connectivity index (χ0n) is 75.8. The van der Waals surface area contributed by atoms with E-state index in [2.05, 4.69) is 219 Å². The summed E-state index contributed by atoms with van der Waals surface area (Å²) < 4.78 is 41.1. The predicted octanol–water partition coefficient (Wildman–Crippen LogP) is 21.4. The molecular weight excluding hydrogens is 1800 g/mol. The Morgan fingerprint density at radius 1 is 0.341 bits per heavy atom. The lowest BCUT2D eigenvalue weighted by Crippen LogP contribution is -2.46. The Balaban J connectivity index is 0.000000151. The highest BCUT2D eigenvalue weighted by molar-refractivity contribution is 9.10. The number of nitrogens with one attached hydrogen (secondary N) is 3. The molecule has 0 unspecified atom stereocenters. The third-order valence-electron chi connectivity index (χ3n) is 24.5. The van der Waals surface area contributed by atoms with Crippen LogP contribution in [-0.4, -0.2) is 146 Å². The van der Waals surface area contributed by atoms with Crippen LogP contribution in [0, 0.1) is 16.2 Å². The molecular formula is C110H110BrCl2N13O9. The van der Waals surface area contributed by atoms with Gasteiger partial charge in [0.1, 0.15) is 17.2 Å². The van der Waals surface area contributed by atoms with E-state index in [0.29, 0.717) is 130 Å². The maximum Gasteiger partial charge on any atom is 0.338 e. The highest BCUT2D eigenvalue weighted by Gasteiger charge is 2.24. The van der Waals surface area contributed by atoms with Crippen molar-refractivity contribution in [3.05, 3.63) is 391 Å². The first-order valence-electron chi connectivity index (χ1n) is 45.9. The number of piperazine rings is 2. The number of para-hydroxylation sites is 6. The van der Waals surface area contributed by atoms with E-state index in [0.717, 1.165) is 136 Å². The highest BCUT2D eigenvalue weighted by atomic mass is 79.9. The van der Waals surface area contributed by atoms with Gasteiger partial charge in [0.25, 0.3) is 0 Å². The van der Waals surface area contributed by atoms with Crippen LogP contribution in [0.5, 0.6) is 17.2 Å². The van der Waals surface area contributed by atoms with Crippen LogP contribution in [0.15, 0.2) is 320 Å². The first-order valence-corrected chi connectivity index (χ1v) is 47.5. The number of aromatic nitrogens is 6. The molecule has 0 radical (unpaired) electrons. The lowest BCUT2D eigenvalue weighted by atomic mass is 9.99. The van der Waals surface area contributed by atoms with Crippen molar-refractivity contribution < 1.29 is 43.2 Å². The molecule has 0 amide bonds. The standard InChI is InChI=1S/C43H44ClN5O3.C41H40ClN5O3.C26H26BrN3O3/c1-2-51-42(50)34-10-7-11-38(29-34)52-28-8-23-48-40-13-5-6-14-41(40)49(43(48)45)30-32-15-21-37(22-16-32)47-26-24-46(25-27-47)31-35-9-3-4-12-39(35)33-17-19-36(44)20-18-33;42-34-17-15-31(16-18-34)37-10-2-1-7-33(37)29-44-22-24-45(25-23-44)35-19-13-30(14-20-35)28-47-39-12-4-3-11-38(39)46(41(47)43)21-6-26-50-36-9-5-8-32(27-36)40(48)49;1-2-32-25(31)20-7-5-8-22(17-20)33-16-6-15-29-23-9-3-4-10-24(23)30(26(29)28)18-19-11-13-21(27)14-12-19/h3-7,9-22,29,45H,2,8,23-28,30-31H2,1H3;1-5,7-20,27,43H,6,21-26,28-29H2,(H,48,49);3-5,7-14,17,28H,2,6,15-16,18H2,1H3. The summed E-state index contributed by atoms with van der Waals surface area (Å²) in [6.45, 7) is 19.1. The zero-order valence-corrected chi connectivity index (χ0v) is 78.9. The number of carbonyl (C=O) groups is 3. The van der Waals surface area contributed by atoms with Crippen molar-refractivity contribution in [3.63, 3.8) is 0 Å². The second kappa shape index (κ2) is 45.7. The molecule has 22 nitrogen and oxygen atoms in total. The van der Waals surface area contributed by atoms with E-state index in [1.165, 1.54) is 50.8 Å². The van der Waals surface area contributed by atoms with Gasteiger partial charge in [-0.25, -0.2) is 14.4 Å². The summed E-state index contributed by atoms with van der Waals surface area (Å²) in [5.74, 6) is 0.113. The molecule has 4 N–H and O–H groups in total. The quantitative estimate of drug-likeness (QED) is 0.0217. The molecule has 2 aliphatic rings. The van der Waals surface area contributed by atoms with Gasteiger partial charge in [-0.1, -0.05) is 203 Å². The van der Waals surface area contributed by atoms with E-state index < -0.39 is 5.97 Å². The van der Waals surface area contributed by atoms with Gasteiger partial charge in [-0.2, -0.15) is 0 Å². The van der Waals surface area contributed by atoms with Crippen molar-refractivity contribution in [2.45, 2.75) is 85.5 Å². The number of fused-ring (bicyclic) bond motifs is 3. The van der Waals surface area contributed by atoms with Gasteiger partial charge in [0, 0.05) is 111 Å². The fraction of sp³-hybridized carbons (Fsp3) is 0.236. The number of nitrogens with zero attached hydrogens (tertiary/aromatic N) is 10. The monoisotopic (exact) mass is 1910 g/mol. The van der Waals surface area contributed by atoms with Crippen LogP contribution in [0.3, 0.4) is 0 Å². The Kier molecular flexibility index (Phi) is 31.9. The van der Waals surface area contributed by atoms with Gasteiger partial charge in [0.15, 0.2) is 0 Å². The number of aromatic carboxylic acids is 1. The smallest absolute Gasteiger partial charge is 0.338 e. The first kappa shape index (κ1) is 94.3. The Bertz CT molecular complexity index is 6940. The van der Waals surface area contributed by atoms with Gasteiger partial charge in [-0.15, -0.1) is 0 Å². The normalized spacial score (nSPS) is 12.8. The number of hydrogen-bond donors (Lipinski definition) is 4. The largest absolute Gasteiger partial charge is 0.494 e. The van der Waals surface area contributed by atoms with Crippen LogP contribution in [0.25, 0.3) is 55.4 Å². The number of benzene rings is 13. The Morgan fingerprint density at radius 3 is 0.978 bits per heavy atom. The molecule has 13 aromatic carbocycles. The van der Waals surface area contributed by atoms with E-state index in [9.17, 15) is 19.5 Å². The van der Waals surface area contributed by atoms with Crippen molar-refractivity contribution in [3.8, 4) is 39.5 Å². The number of rotatable bonds is 34. The third-order valence-corrected chi connectivity index (χ3v) is 25.5. The lowest BCUT2D eigenvalue weighted by Gasteiger charge is -2.36. The Labute approximate surface area is 804 Å². The summed E-state index contributed by atoms with van der Waals surface area (Å²) in [6, 6.07) is 104. The summed E-state index contributed by atoms with van der Waals surface area (Å²) in [5.41, 5.74) is 22.2. The van der Waals surface area contributed by atoms with Crippen LogP contribution in [-0.2, 0) is 61.8 Å². The van der Waals surface area contributed by atoms with E-state index in [4.69, 9.17) is 63.1 Å². The number of imidazole rings is 3. The fourth-order valence-corrected chi connectivity index (χ4v) is 18.1. The van der Waals surface area contributed by atoms with Crippen LogP contribution in [0.1, 0.15) is 92.0 Å². The second-order valence-electron chi connectivity index (χ2n) is 33.4. The average Bonchev–Trinajstić information content (AvgIpc) is 1.63. The molecule has 2 aliphatic heterocycles. The van der Waals surface area contributed by atoms with Crippen molar-refractivity contribution in [2.24, 2.45) is 0 Å². The highest BCUT2D eigenvalue weighted by Crippen LogP contribution is 2.32. The molecule has 0 atom stereocenters. The van der Waals surface area contributed by atoms with Crippen molar-refractivity contribution in [2.75, 3.05) is 95.2 Å². The number of carbonyl (C=O) groups excluding carboxylic acids is 2. The average molecular weight is 1910 g/mol. The second-order valence-corrected chi connectivity index (χ2v) is 35.2. The van der Waals surface area contributed by atoms with Crippen molar-refractivity contribution in [1.82, 2.24) is 37.2 Å². The fourth-order valence-electron chi connectivity index (χ4n) is 17.6. The zero-order chi connectivity index (χ0) is 93.5. The SMILES string of the molecule is CCOC(=O)c1cccc(OCCCn2c(=N)n(Cc3ccc(Br)cc3)c3ccccc32)c1.CCOC(=O)c1cccc(OCCCn2c(=N)n(Cc3ccc(N4CCN(Cc5ccccc5-c5ccc(Cl)cc5)CC4)cc3)c3ccccc32)c1.N=c1n(CCCOc2cccc(C(=O)O)c2)c2ccccc2n1Cc1ccc(N2CCN(Cc3ccccc3-c3ccc(Cl)cc3)CC2)cc1. The molecule has 0 aliphatic carbocycles. The van der Waals surface area contributed by atoms with Gasteiger partial charge >= 0.3 is 17.9 Å². The van der Waals surface area contributed by atoms with Gasteiger partial charge in [-0.3, -0.25) is 26.0 Å². The molecule has 25 heteroatoms. The van der Waals surface area contributed by atoms with Gasteiger partial charge in [0.05, 0.1) is 102 Å². The minimum absolute atomic E-state index is 0.201. The molecule has 0 bridgehead atoms. The Hall–Kier alpha value is -13.9. The molecule has 3 aromatic heterocycles. The maximum atomic E-state index is 12.1. The lowest BCUT2D eigenvalue weighted by molar-refractivity contribution is 0.0516. The summed E-state index contributed by atoms with van der Waals surface area (Å²) in [6.07, 6.45) is 2.12. The number of halogens is 3. The van der Waals surface area contributed by atoms with E-state index in [-0.39, 0.29) is 17.5 Å². The van der Waals surface area contributed by atoms with Crippen LogP contribution < -0.4 is 40.9 Å². The molecule has 690 valence electrons. The molecule has 135 heavy (non-hydrogen) atoms. The molecule has 0 saturated carbocycles. The number of hydrogen-bond acceptors (Lipinski definition) is 15. The summed E-state index contributed by atoms with van der Waals surface area (Å²) >= 11 is 15.8. The summed E-state index contributed by atoms with van der Waals surface area (Å²) in [7, 11) is 0. The number of carboxylic acid groups (broad SMARTS) is 1. The predicted molar refractivity (Wildman–Crippen MR) is 539 cm³/mol. The van der Waals surface area contributed by atoms with Gasteiger partial charge in [-0.05, 0) is 235 Å². The molecule has 2 saturated heterocycles. The molecule has 0 spiro atoms. The number of ether oxygens (including phenoxy) is 5. The molecule has 16 aromatic rings. The van der Waals surface area contributed by atoms with Crippen molar-refractivity contribution in [1.29, 1.82) is 16.2 Å². The first-order chi connectivity index (χ1) is 65.9. The minimum atomic E-state index is -0.977. The van der Waals surface area contributed by atoms with E-state index >= 15 is 0 Å². The minimum Gasteiger partial charge on any atom is -0.494 e. The Morgan fingerprint density at radius 2 is 0.644 bits per heavy atom. The van der Waals surface area contributed by atoms with Crippen LogP contribution >= 0.6 is 39.1 Å². The van der Waals surface area contributed by atoms with Crippen molar-refractivity contribution >= 4 is 102 Å².